The second kappa shape index (κ2) is 6.51. The third-order valence-corrected chi connectivity index (χ3v) is 4.17. The zero-order chi connectivity index (χ0) is 18.9. The van der Waals surface area contributed by atoms with Gasteiger partial charge in [0.25, 0.3) is 23.3 Å². The van der Waals surface area contributed by atoms with Crippen molar-refractivity contribution in [2.75, 3.05) is 17.7 Å². The van der Waals surface area contributed by atoms with Crippen molar-refractivity contribution >= 4 is 29.1 Å². The number of nitrogens with one attached hydrogen (secondary N) is 3. The fourth-order valence-electron chi connectivity index (χ4n) is 2.62. The molecule has 7 heteroatoms. The molecule has 0 aliphatic carbocycles. The second-order valence-corrected chi connectivity index (χ2v) is 6.20. The summed E-state index contributed by atoms with van der Waals surface area (Å²) in [5.41, 5.74) is 0.549. The summed E-state index contributed by atoms with van der Waals surface area (Å²) in [5.74, 6) is -1.04. The molecule has 1 unspecified atom stereocenters. The summed E-state index contributed by atoms with van der Waals surface area (Å²) in [6.45, 7) is 3.30. The van der Waals surface area contributed by atoms with Gasteiger partial charge in [0.2, 0.25) is 0 Å². The van der Waals surface area contributed by atoms with Gasteiger partial charge in [-0.25, -0.2) is 0 Å². The molecule has 0 aromatic heterocycles. The van der Waals surface area contributed by atoms with Gasteiger partial charge in [-0.15, -0.1) is 0 Å². The Kier molecular flexibility index (Phi) is 4.38. The van der Waals surface area contributed by atoms with Crippen LogP contribution in [0.15, 0.2) is 42.5 Å². The third kappa shape index (κ3) is 3.11. The molecule has 1 aliphatic heterocycles. The van der Waals surface area contributed by atoms with Crippen molar-refractivity contribution in [2.45, 2.75) is 19.4 Å². The minimum Gasteiger partial charge on any atom is -0.466 e. The first-order valence-electron chi connectivity index (χ1n) is 8.08. The zero-order valence-electron chi connectivity index (χ0n) is 14.7. The molecule has 1 aliphatic rings. The molecule has 3 N–H and O–H groups in total. The highest BCUT2D eigenvalue weighted by Gasteiger charge is 2.47. The largest absolute Gasteiger partial charge is 0.466 e. The molecule has 3 amide bonds. The Morgan fingerprint density at radius 3 is 2.65 bits per heavy atom. The lowest BCUT2D eigenvalue weighted by molar-refractivity contribution is -0.143. The Bertz CT molecular complexity index is 909. The average molecular weight is 353 g/mol. The number of aryl methyl sites for hydroxylation is 1. The number of benzene rings is 2. The van der Waals surface area contributed by atoms with Crippen LogP contribution in [0.25, 0.3) is 0 Å². The molecule has 134 valence electrons. The smallest absolute Gasteiger partial charge is 0.278 e. The fraction of sp³-hybridized carbons (Fsp3) is 0.211. The number of amides is 3. The molecule has 1 atom stereocenters. The third-order valence-electron chi connectivity index (χ3n) is 4.17. The lowest BCUT2D eigenvalue weighted by atomic mass is 10.0. The number of fused-ring (bicyclic) bond motifs is 1. The van der Waals surface area contributed by atoms with Gasteiger partial charge in [-0.2, -0.15) is 0 Å². The molecule has 7 nitrogen and oxygen atoms in total. The van der Waals surface area contributed by atoms with Gasteiger partial charge >= 0.3 is 0 Å². The zero-order valence-corrected chi connectivity index (χ0v) is 14.7. The Morgan fingerprint density at radius 2 is 1.92 bits per heavy atom. The number of hydrogen-bond acceptors (Lipinski definition) is 4. The van der Waals surface area contributed by atoms with Gasteiger partial charge in [-0.1, -0.05) is 12.1 Å². The predicted molar refractivity (Wildman–Crippen MR) is 97.3 cm³/mol. The molecule has 0 fully saturated rings. The molecule has 0 spiro atoms. The van der Waals surface area contributed by atoms with Crippen LogP contribution in [-0.4, -0.2) is 30.4 Å². The summed E-state index contributed by atoms with van der Waals surface area (Å²) in [6, 6.07) is 11.7. The lowest BCUT2D eigenvalue weighted by Gasteiger charge is -2.33. The topological polar surface area (TPSA) is 96.5 Å². The predicted octanol–water partition coefficient (Wildman–Crippen LogP) is 2.08. The van der Waals surface area contributed by atoms with Crippen LogP contribution in [0.4, 0.5) is 11.4 Å². The van der Waals surface area contributed by atoms with Crippen molar-refractivity contribution in [3.05, 3.63) is 53.6 Å². The number of carbonyl (C=O) groups excluding carboxylic acids is 3. The quantitative estimate of drug-likeness (QED) is 0.736. The van der Waals surface area contributed by atoms with E-state index in [1.807, 2.05) is 13.0 Å². The van der Waals surface area contributed by atoms with Crippen LogP contribution in [0.3, 0.4) is 0 Å². The van der Waals surface area contributed by atoms with Gasteiger partial charge in [0, 0.05) is 18.3 Å². The minimum atomic E-state index is -1.73. The maximum atomic E-state index is 12.7. The van der Waals surface area contributed by atoms with Crippen LogP contribution in [0, 0.1) is 6.92 Å². The van der Waals surface area contributed by atoms with Gasteiger partial charge in [0.05, 0.1) is 5.69 Å². The highest BCUT2D eigenvalue weighted by molar-refractivity contribution is 6.19. The molecule has 0 saturated heterocycles. The van der Waals surface area contributed by atoms with Crippen LogP contribution in [-0.2, 0) is 9.59 Å². The standard InChI is InChI=1S/C19H19N3O4/c1-11-7-8-15-14(9-11)22-18(25)19(2,26-15)17(24)21-13-6-4-5-12(10-13)16(23)20-3/h4-10H,1-3H3,(H,20,23)(H,21,24)(H,22,25). The van der Waals surface area contributed by atoms with Crippen molar-refractivity contribution in [3.8, 4) is 5.75 Å². The van der Waals surface area contributed by atoms with Crippen molar-refractivity contribution in [1.29, 1.82) is 0 Å². The molecule has 26 heavy (non-hydrogen) atoms. The summed E-state index contributed by atoms with van der Waals surface area (Å²) >= 11 is 0. The van der Waals surface area contributed by atoms with Crippen LogP contribution in [0.2, 0.25) is 0 Å². The fourth-order valence-corrected chi connectivity index (χ4v) is 2.62. The first kappa shape index (κ1) is 17.5. The van der Waals surface area contributed by atoms with Gasteiger partial charge in [0.15, 0.2) is 0 Å². The monoisotopic (exact) mass is 353 g/mol. The molecular formula is C19H19N3O4. The molecule has 2 aromatic carbocycles. The summed E-state index contributed by atoms with van der Waals surface area (Å²) in [6.07, 6.45) is 0. The number of hydrogen-bond donors (Lipinski definition) is 3. The van der Waals surface area contributed by atoms with E-state index in [1.54, 1.807) is 30.3 Å². The van der Waals surface area contributed by atoms with Gasteiger partial charge < -0.3 is 20.7 Å². The van der Waals surface area contributed by atoms with Crippen LogP contribution in [0.5, 0.6) is 5.75 Å². The molecule has 0 radical (unpaired) electrons. The van der Waals surface area contributed by atoms with E-state index in [4.69, 9.17) is 4.74 Å². The molecule has 0 saturated carbocycles. The lowest BCUT2D eigenvalue weighted by Crippen LogP contribution is -2.56. The average Bonchev–Trinajstić information content (AvgIpc) is 2.62. The van der Waals surface area contributed by atoms with E-state index in [1.165, 1.54) is 20.0 Å². The second-order valence-electron chi connectivity index (χ2n) is 6.20. The summed E-state index contributed by atoms with van der Waals surface area (Å²) in [5, 5.41) is 7.86. The number of rotatable bonds is 3. The van der Waals surface area contributed by atoms with E-state index in [9.17, 15) is 14.4 Å². The van der Waals surface area contributed by atoms with Crippen LogP contribution in [0.1, 0.15) is 22.8 Å². The molecule has 3 rings (SSSR count). The van der Waals surface area contributed by atoms with Crippen molar-refractivity contribution < 1.29 is 19.1 Å². The van der Waals surface area contributed by atoms with E-state index in [2.05, 4.69) is 16.0 Å². The van der Waals surface area contributed by atoms with Crippen molar-refractivity contribution in [1.82, 2.24) is 5.32 Å². The molecule has 1 heterocycles. The van der Waals surface area contributed by atoms with E-state index in [0.717, 1.165) is 5.56 Å². The summed E-state index contributed by atoms with van der Waals surface area (Å²) in [4.78, 5) is 36.9. The Morgan fingerprint density at radius 1 is 1.15 bits per heavy atom. The Balaban J connectivity index is 1.84. The first-order chi connectivity index (χ1) is 12.3. The Hall–Kier alpha value is -3.35. The van der Waals surface area contributed by atoms with E-state index in [-0.39, 0.29) is 5.91 Å². The maximum Gasteiger partial charge on any atom is 0.278 e. The number of carbonyl (C=O) groups is 3. The van der Waals surface area contributed by atoms with Gasteiger partial charge in [-0.05, 0) is 49.7 Å². The van der Waals surface area contributed by atoms with E-state index in [0.29, 0.717) is 22.7 Å². The highest BCUT2D eigenvalue weighted by atomic mass is 16.5. The van der Waals surface area contributed by atoms with Crippen molar-refractivity contribution in [3.63, 3.8) is 0 Å². The summed E-state index contributed by atoms with van der Waals surface area (Å²) < 4.78 is 5.72. The number of ether oxygens (including phenoxy) is 1. The minimum absolute atomic E-state index is 0.275. The van der Waals surface area contributed by atoms with Crippen LogP contribution >= 0.6 is 0 Å². The van der Waals surface area contributed by atoms with E-state index < -0.39 is 17.4 Å². The summed E-state index contributed by atoms with van der Waals surface area (Å²) in [7, 11) is 1.52. The Labute approximate surface area is 150 Å². The van der Waals surface area contributed by atoms with Gasteiger partial charge in [0.1, 0.15) is 5.75 Å². The maximum absolute atomic E-state index is 12.7. The normalized spacial score (nSPS) is 18.2. The van der Waals surface area contributed by atoms with Gasteiger partial charge in [-0.3, -0.25) is 14.4 Å². The SMILES string of the molecule is CNC(=O)c1cccc(NC(=O)C2(C)Oc3ccc(C)cc3NC2=O)c1. The molecule has 0 bridgehead atoms. The first-order valence-corrected chi connectivity index (χ1v) is 8.08. The highest BCUT2D eigenvalue weighted by Crippen LogP contribution is 2.34. The van der Waals surface area contributed by atoms with Crippen molar-refractivity contribution in [2.24, 2.45) is 0 Å². The number of anilines is 2. The van der Waals surface area contributed by atoms with Crippen LogP contribution < -0.4 is 20.7 Å². The molecule has 2 aromatic rings. The molecular weight excluding hydrogens is 334 g/mol. The van der Waals surface area contributed by atoms with E-state index >= 15 is 0 Å².